The number of nitrogens with one attached hydrogen (secondary N) is 1. The first-order valence-corrected chi connectivity index (χ1v) is 10.1. The molecule has 9 heteroatoms. The lowest BCUT2D eigenvalue weighted by atomic mass is 10.4. The van der Waals surface area contributed by atoms with E-state index in [1.165, 1.54) is 13.1 Å². The van der Waals surface area contributed by atoms with Crippen LogP contribution in [0.5, 0.6) is 0 Å². The SMILES string of the molecule is CN(CCS(C)(=O)=O)S(=O)(=O)c1ccc(CNC2CC2)o1. The van der Waals surface area contributed by atoms with E-state index in [9.17, 15) is 16.8 Å². The quantitative estimate of drug-likeness (QED) is 0.728. The van der Waals surface area contributed by atoms with Crippen LogP contribution >= 0.6 is 0 Å². The molecule has 0 saturated heterocycles. The fourth-order valence-electron chi connectivity index (χ4n) is 1.69. The third kappa shape index (κ3) is 4.80. The Morgan fingerprint density at radius 3 is 2.52 bits per heavy atom. The summed E-state index contributed by atoms with van der Waals surface area (Å²) in [6, 6.07) is 3.52. The van der Waals surface area contributed by atoms with Crippen molar-refractivity contribution >= 4 is 19.9 Å². The summed E-state index contributed by atoms with van der Waals surface area (Å²) in [6.45, 7) is 0.394. The summed E-state index contributed by atoms with van der Waals surface area (Å²) in [5.41, 5.74) is 0. The number of hydrogen-bond acceptors (Lipinski definition) is 6. The summed E-state index contributed by atoms with van der Waals surface area (Å²) in [6.07, 6.45) is 3.35. The van der Waals surface area contributed by atoms with Crippen LogP contribution in [0.4, 0.5) is 0 Å². The third-order valence-electron chi connectivity index (χ3n) is 3.22. The Morgan fingerprint density at radius 2 is 1.95 bits per heavy atom. The van der Waals surface area contributed by atoms with Crippen LogP contribution in [-0.4, -0.2) is 52.8 Å². The van der Waals surface area contributed by atoms with Gasteiger partial charge < -0.3 is 9.73 Å². The van der Waals surface area contributed by atoms with Crippen LogP contribution in [0, 0.1) is 0 Å². The second-order valence-electron chi connectivity index (χ2n) is 5.33. The zero-order valence-electron chi connectivity index (χ0n) is 12.1. The molecule has 1 aromatic rings. The monoisotopic (exact) mass is 336 g/mol. The second kappa shape index (κ2) is 6.07. The van der Waals surface area contributed by atoms with E-state index in [4.69, 9.17) is 4.42 Å². The molecule has 1 aliphatic rings. The molecule has 120 valence electrons. The van der Waals surface area contributed by atoms with E-state index in [0.29, 0.717) is 18.3 Å². The molecule has 0 bridgehead atoms. The topological polar surface area (TPSA) is 96.7 Å². The van der Waals surface area contributed by atoms with Gasteiger partial charge in [0.05, 0.1) is 12.3 Å². The molecule has 0 aromatic carbocycles. The summed E-state index contributed by atoms with van der Waals surface area (Å²) in [5.74, 6) is 0.330. The number of nitrogens with zero attached hydrogens (tertiary/aromatic N) is 1. The van der Waals surface area contributed by atoms with E-state index in [0.717, 1.165) is 23.4 Å². The van der Waals surface area contributed by atoms with Crippen molar-refractivity contribution < 1.29 is 21.3 Å². The maximum atomic E-state index is 12.2. The number of hydrogen-bond donors (Lipinski definition) is 1. The third-order valence-corrected chi connectivity index (χ3v) is 5.88. The molecule has 1 heterocycles. The minimum absolute atomic E-state index is 0.0997. The molecule has 2 rings (SSSR count). The first-order chi connectivity index (χ1) is 9.68. The molecule has 1 N–H and O–H groups in total. The normalized spacial score (nSPS) is 16.5. The maximum absolute atomic E-state index is 12.2. The fourth-order valence-corrected chi connectivity index (χ4v) is 3.50. The van der Waals surface area contributed by atoms with Gasteiger partial charge in [0, 0.05) is 25.9 Å². The van der Waals surface area contributed by atoms with Gasteiger partial charge in [-0.15, -0.1) is 0 Å². The van der Waals surface area contributed by atoms with Crippen molar-refractivity contribution in [2.75, 3.05) is 25.6 Å². The Labute approximate surface area is 125 Å². The van der Waals surface area contributed by atoms with Crippen LogP contribution in [0.25, 0.3) is 0 Å². The van der Waals surface area contributed by atoms with Crippen LogP contribution in [-0.2, 0) is 26.4 Å². The van der Waals surface area contributed by atoms with Gasteiger partial charge in [0.1, 0.15) is 15.6 Å². The van der Waals surface area contributed by atoms with Crippen molar-refractivity contribution in [1.82, 2.24) is 9.62 Å². The highest BCUT2D eigenvalue weighted by Crippen LogP contribution is 2.21. The van der Waals surface area contributed by atoms with E-state index in [1.807, 2.05) is 0 Å². The van der Waals surface area contributed by atoms with Gasteiger partial charge in [0.25, 0.3) is 10.0 Å². The molecule has 0 amide bonds. The standard InChI is InChI=1S/C12H20N2O5S2/c1-14(7-8-20(2,15)16)21(17,18)12-6-5-11(19-12)9-13-10-3-4-10/h5-6,10,13H,3-4,7-9H2,1-2H3. The highest BCUT2D eigenvalue weighted by Gasteiger charge is 2.26. The Kier molecular flexibility index (Phi) is 4.76. The predicted octanol–water partition coefficient (Wildman–Crippen LogP) is 0.197. The van der Waals surface area contributed by atoms with Crippen LogP contribution in [0.15, 0.2) is 21.6 Å². The van der Waals surface area contributed by atoms with Crippen molar-refractivity contribution in [3.05, 3.63) is 17.9 Å². The van der Waals surface area contributed by atoms with Gasteiger partial charge in [0.2, 0.25) is 5.09 Å². The van der Waals surface area contributed by atoms with Crippen molar-refractivity contribution in [2.45, 2.75) is 30.5 Å². The Balaban J connectivity index is 2.00. The average Bonchev–Trinajstić information content (AvgIpc) is 3.08. The van der Waals surface area contributed by atoms with Gasteiger partial charge in [-0.1, -0.05) is 0 Å². The highest BCUT2D eigenvalue weighted by molar-refractivity contribution is 7.91. The smallest absolute Gasteiger partial charge is 0.276 e. The van der Waals surface area contributed by atoms with E-state index in [-0.39, 0.29) is 17.4 Å². The Hall–Kier alpha value is -0.900. The maximum Gasteiger partial charge on any atom is 0.276 e. The van der Waals surface area contributed by atoms with E-state index in [1.54, 1.807) is 6.07 Å². The summed E-state index contributed by atoms with van der Waals surface area (Å²) >= 11 is 0. The van der Waals surface area contributed by atoms with Gasteiger partial charge in [-0.05, 0) is 25.0 Å². The van der Waals surface area contributed by atoms with Gasteiger partial charge in [-0.2, -0.15) is 4.31 Å². The summed E-state index contributed by atoms with van der Waals surface area (Å²) < 4.78 is 53.0. The molecular weight excluding hydrogens is 316 g/mol. The van der Waals surface area contributed by atoms with Gasteiger partial charge >= 0.3 is 0 Å². The lowest BCUT2D eigenvalue weighted by Crippen LogP contribution is -2.31. The van der Waals surface area contributed by atoms with E-state index < -0.39 is 19.9 Å². The molecule has 7 nitrogen and oxygen atoms in total. The lowest BCUT2D eigenvalue weighted by molar-refractivity contribution is 0.383. The van der Waals surface area contributed by atoms with Crippen LogP contribution < -0.4 is 5.32 Å². The molecular formula is C12H20N2O5S2. The van der Waals surface area contributed by atoms with Crippen molar-refractivity contribution in [3.8, 4) is 0 Å². The molecule has 1 aromatic heterocycles. The number of sulfone groups is 1. The molecule has 21 heavy (non-hydrogen) atoms. The molecule has 0 unspecified atom stereocenters. The molecule has 0 atom stereocenters. The van der Waals surface area contributed by atoms with Gasteiger partial charge in [-0.25, -0.2) is 16.8 Å². The second-order valence-corrected chi connectivity index (χ2v) is 9.57. The first kappa shape index (κ1) is 16.5. The lowest BCUT2D eigenvalue weighted by Gasteiger charge is -2.14. The van der Waals surface area contributed by atoms with Crippen molar-refractivity contribution in [1.29, 1.82) is 0 Å². The molecule has 1 fully saturated rings. The molecule has 0 spiro atoms. The first-order valence-electron chi connectivity index (χ1n) is 6.64. The summed E-state index contributed by atoms with van der Waals surface area (Å²) in [4.78, 5) is 0. The largest absolute Gasteiger partial charge is 0.447 e. The summed E-state index contributed by atoms with van der Waals surface area (Å²) in [5, 5.41) is 3.07. The number of sulfonamides is 1. The average molecular weight is 336 g/mol. The molecule has 0 radical (unpaired) electrons. The molecule has 0 aliphatic heterocycles. The van der Waals surface area contributed by atoms with Crippen LogP contribution in [0.2, 0.25) is 0 Å². The molecule has 1 aliphatic carbocycles. The van der Waals surface area contributed by atoms with Crippen molar-refractivity contribution in [3.63, 3.8) is 0 Å². The van der Waals surface area contributed by atoms with Gasteiger partial charge in [-0.3, -0.25) is 0 Å². The summed E-state index contributed by atoms with van der Waals surface area (Å²) in [7, 11) is -5.66. The Morgan fingerprint density at radius 1 is 1.29 bits per heavy atom. The van der Waals surface area contributed by atoms with Crippen molar-refractivity contribution in [2.24, 2.45) is 0 Å². The zero-order chi connectivity index (χ0) is 15.7. The molecule has 1 saturated carbocycles. The predicted molar refractivity (Wildman–Crippen MR) is 78.1 cm³/mol. The van der Waals surface area contributed by atoms with Crippen LogP contribution in [0.1, 0.15) is 18.6 Å². The van der Waals surface area contributed by atoms with Crippen LogP contribution in [0.3, 0.4) is 0 Å². The number of furan rings is 1. The van der Waals surface area contributed by atoms with Gasteiger partial charge in [0.15, 0.2) is 0 Å². The number of rotatable bonds is 8. The minimum atomic E-state index is -3.79. The highest BCUT2D eigenvalue weighted by atomic mass is 32.2. The van der Waals surface area contributed by atoms with E-state index in [2.05, 4.69) is 5.32 Å². The Bertz CT molecular complexity index is 689. The van der Waals surface area contributed by atoms with E-state index >= 15 is 0 Å². The zero-order valence-corrected chi connectivity index (χ0v) is 13.7. The minimum Gasteiger partial charge on any atom is -0.447 e. The fraction of sp³-hybridized carbons (Fsp3) is 0.667.